The van der Waals surface area contributed by atoms with Gasteiger partial charge >= 0.3 is 10.4 Å². The fourth-order valence-corrected chi connectivity index (χ4v) is 1.71. The van der Waals surface area contributed by atoms with Crippen molar-refractivity contribution < 1.29 is 41.9 Å². The second-order valence-electron chi connectivity index (χ2n) is 3.46. The van der Waals surface area contributed by atoms with E-state index in [1.54, 1.807) is 0 Å². The van der Waals surface area contributed by atoms with E-state index in [2.05, 4.69) is 8.92 Å². The van der Waals surface area contributed by atoms with Crippen LogP contribution >= 0.6 is 0 Å². The number of methoxy groups -OCH3 is 1. The van der Waals surface area contributed by atoms with Gasteiger partial charge in [-0.2, -0.15) is 8.42 Å². The summed E-state index contributed by atoms with van der Waals surface area (Å²) in [6, 6.07) is 0. The predicted octanol–water partition coefficient (Wildman–Crippen LogP) is -2.74. The van der Waals surface area contributed by atoms with Crippen molar-refractivity contribution in [3.05, 3.63) is 0 Å². The van der Waals surface area contributed by atoms with Crippen molar-refractivity contribution in [2.45, 2.75) is 30.7 Å². The Bertz CT molecular complexity index is 339. The van der Waals surface area contributed by atoms with Crippen LogP contribution in [-0.4, -0.2) is 72.7 Å². The van der Waals surface area contributed by atoms with Crippen LogP contribution in [0.1, 0.15) is 0 Å². The van der Waals surface area contributed by atoms with E-state index in [9.17, 15) is 23.7 Å². The first-order valence-electron chi connectivity index (χ1n) is 4.60. The van der Waals surface area contributed by atoms with Gasteiger partial charge in [-0.25, -0.2) is 4.18 Å². The summed E-state index contributed by atoms with van der Waals surface area (Å²) < 4.78 is 42.6. The van der Waals surface area contributed by atoms with E-state index >= 15 is 0 Å². The Morgan fingerprint density at radius 2 is 1.76 bits per heavy atom. The number of aliphatic hydroxyl groups is 3. The van der Waals surface area contributed by atoms with Crippen molar-refractivity contribution in [2.24, 2.45) is 0 Å². The first-order valence-corrected chi connectivity index (χ1v) is 5.97. The number of aliphatic hydroxyl groups excluding tert-OH is 3. The van der Waals surface area contributed by atoms with Crippen molar-refractivity contribution in [3.63, 3.8) is 0 Å². The zero-order valence-electron chi connectivity index (χ0n) is 8.83. The topological polar surface area (TPSA) is 143 Å². The third kappa shape index (κ3) is 3.82. The van der Waals surface area contributed by atoms with Gasteiger partial charge in [-0.3, -0.25) is 4.55 Å². The lowest BCUT2D eigenvalue weighted by Crippen LogP contribution is -2.59. The molecule has 0 radical (unpaired) electrons. The van der Waals surface area contributed by atoms with Crippen LogP contribution in [0, 0.1) is 0 Å². The molecule has 1 rings (SSSR count). The monoisotopic (exact) mass is 274 g/mol. The molecule has 0 aromatic heterocycles. The third-order valence-electron chi connectivity index (χ3n) is 2.28. The molecule has 0 bridgehead atoms. The first-order chi connectivity index (χ1) is 7.76. The van der Waals surface area contributed by atoms with Crippen molar-refractivity contribution in [3.8, 4) is 0 Å². The van der Waals surface area contributed by atoms with Crippen LogP contribution < -0.4 is 0 Å². The van der Waals surface area contributed by atoms with Gasteiger partial charge in [-0.15, -0.1) is 0 Å². The van der Waals surface area contributed by atoms with Crippen LogP contribution in [0.3, 0.4) is 0 Å². The van der Waals surface area contributed by atoms with Crippen molar-refractivity contribution >= 4 is 10.4 Å². The minimum atomic E-state index is -4.68. The molecule has 9 nitrogen and oxygen atoms in total. The SMILES string of the molecule is CO[C@H]1O[C@H](COS(=O)(=O)O)[C@@H](O)[C@H](O)[C@H]1O. The zero-order chi connectivity index (χ0) is 13.2. The number of hydrogen-bond acceptors (Lipinski definition) is 8. The van der Waals surface area contributed by atoms with Crippen molar-refractivity contribution in [2.75, 3.05) is 13.7 Å². The highest BCUT2D eigenvalue weighted by Crippen LogP contribution is 2.22. The maximum Gasteiger partial charge on any atom is 0.397 e. The molecule has 0 aromatic carbocycles. The zero-order valence-corrected chi connectivity index (χ0v) is 9.65. The molecule has 0 spiro atoms. The summed E-state index contributed by atoms with van der Waals surface area (Å²) in [5.74, 6) is 0. The van der Waals surface area contributed by atoms with Crippen LogP contribution in [0.15, 0.2) is 0 Å². The molecule has 1 fully saturated rings. The largest absolute Gasteiger partial charge is 0.397 e. The van der Waals surface area contributed by atoms with E-state index in [4.69, 9.17) is 9.29 Å². The summed E-state index contributed by atoms with van der Waals surface area (Å²) in [5.41, 5.74) is 0. The summed E-state index contributed by atoms with van der Waals surface area (Å²) in [6.45, 7) is -0.719. The molecule has 102 valence electrons. The Hall–Kier alpha value is -0.330. The second-order valence-corrected chi connectivity index (χ2v) is 4.55. The highest BCUT2D eigenvalue weighted by molar-refractivity contribution is 7.80. The average molecular weight is 274 g/mol. The smallest absolute Gasteiger partial charge is 0.387 e. The van der Waals surface area contributed by atoms with Gasteiger partial charge in [0.25, 0.3) is 0 Å². The van der Waals surface area contributed by atoms with Crippen LogP contribution in [0.2, 0.25) is 0 Å². The van der Waals surface area contributed by atoms with E-state index in [1.165, 1.54) is 7.11 Å². The lowest BCUT2D eigenvalue weighted by molar-refractivity contribution is -0.293. The molecule has 1 aliphatic heterocycles. The molecule has 1 heterocycles. The van der Waals surface area contributed by atoms with Gasteiger partial charge < -0.3 is 24.8 Å². The Kier molecular flexibility index (Phi) is 4.80. The molecule has 1 aliphatic rings. The molecular weight excluding hydrogens is 260 g/mol. The molecule has 0 aliphatic carbocycles. The molecule has 4 N–H and O–H groups in total. The second kappa shape index (κ2) is 5.54. The van der Waals surface area contributed by atoms with Gasteiger partial charge in [-0.05, 0) is 0 Å². The Morgan fingerprint density at radius 1 is 1.18 bits per heavy atom. The van der Waals surface area contributed by atoms with E-state index in [1.807, 2.05) is 0 Å². The highest BCUT2D eigenvalue weighted by Gasteiger charge is 2.44. The van der Waals surface area contributed by atoms with Crippen LogP contribution in [0.4, 0.5) is 0 Å². The summed E-state index contributed by atoms with van der Waals surface area (Å²) >= 11 is 0. The van der Waals surface area contributed by atoms with Gasteiger partial charge in [0.15, 0.2) is 6.29 Å². The molecule has 0 saturated carbocycles. The highest BCUT2D eigenvalue weighted by atomic mass is 32.3. The van der Waals surface area contributed by atoms with Gasteiger partial charge in [0.1, 0.15) is 24.4 Å². The third-order valence-corrected chi connectivity index (χ3v) is 2.72. The fourth-order valence-electron chi connectivity index (χ4n) is 1.40. The van der Waals surface area contributed by atoms with Crippen LogP contribution in [0.5, 0.6) is 0 Å². The summed E-state index contributed by atoms with van der Waals surface area (Å²) in [4.78, 5) is 0. The molecule has 5 atom stereocenters. The van der Waals surface area contributed by atoms with Crippen molar-refractivity contribution in [1.29, 1.82) is 0 Å². The normalized spacial score (nSPS) is 39.2. The van der Waals surface area contributed by atoms with Gasteiger partial charge in [0.2, 0.25) is 0 Å². The molecule has 17 heavy (non-hydrogen) atoms. The summed E-state index contributed by atoms with van der Waals surface area (Å²) in [6.07, 6.45) is -7.12. The van der Waals surface area contributed by atoms with E-state index in [0.717, 1.165) is 0 Å². The number of ether oxygens (including phenoxy) is 2. The van der Waals surface area contributed by atoms with Crippen LogP contribution in [-0.2, 0) is 24.1 Å². The summed E-state index contributed by atoms with van der Waals surface area (Å²) in [7, 11) is -3.48. The molecule has 0 amide bonds. The average Bonchev–Trinajstić information content (AvgIpc) is 2.24. The van der Waals surface area contributed by atoms with Crippen LogP contribution in [0.25, 0.3) is 0 Å². The maximum absolute atomic E-state index is 10.3. The fraction of sp³-hybridized carbons (Fsp3) is 1.00. The molecular formula is C7H14O9S. The molecule has 1 saturated heterocycles. The lowest BCUT2D eigenvalue weighted by atomic mass is 9.99. The number of hydrogen-bond donors (Lipinski definition) is 4. The Morgan fingerprint density at radius 3 is 2.24 bits per heavy atom. The number of rotatable bonds is 4. The molecule has 0 aromatic rings. The minimum Gasteiger partial charge on any atom is -0.387 e. The van der Waals surface area contributed by atoms with E-state index in [-0.39, 0.29) is 0 Å². The predicted molar refractivity (Wildman–Crippen MR) is 51.2 cm³/mol. The van der Waals surface area contributed by atoms with E-state index < -0.39 is 47.7 Å². The standard InChI is InChI=1S/C7H14O9S/c1-14-7-6(10)5(9)4(8)3(16-7)2-15-17(11,12)13/h3-10H,2H2,1H3,(H,11,12,13)/t3-,4-,5+,6-,7+/m1/s1. The van der Waals surface area contributed by atoms with Gasteiger partial charge in [0, 0.05) is 7.11 Å². The Balaban J connectivity index is 2.66. The molecule has 0 unspecified atom stereocenters. The lowest BCUT2D eigenvalue weighted by Gasteiger charge is -2.39. The molecule has 10 heteroatoms. The van der Waals surface area contributed by atoms with Gasteiger partial charge in [-0.1, -0.05) is 0 Å². The first kappa shape index (κ1) is 14.7. The van der Waals surface area contributed by atoms with Gasteiger partial charge in [0.05, 0.1) is 6.61 Å². The summed E-state index contributed by atoms with van der Waals surface area (Å²) in [5, 5.41) is 28.3. The Labute approximate surface area is 97.5 Å². The maximum atomic E-state index is 10.3. The minimum absolute atomic E-state index is 0.719. The quantitative estimate of drug-likeness (QED) is 0.401. The van der Waals surface area contributed by atoms with Crippen molar-refractivity contribution in [1.82, 2.24) is 0 Å². The van der Waals surface area contributed by atoms with E-state index in [0.29, 0.717) is 0 Å².